The zero-order chi connectivity index (χ0) is 35.6. The lowest BCUT2D eigenvalue weighted by Gasteiger charge is -2.24. The smallest absolute Gasteiger partial charge is 0.159 e. The van der Waals surface area contributed by atoms with Crippen molar-refractivity contribution in [3.8, 4) is 22.3 Å². The molecule has 0 radical (unpaired) electrons. The molecular formula is C49H31N3O2. The molecule has 5 heteroatoms. The highest BCUT2D eigenvalue weighted by Gasteiger charge is 2.26. The zero-order valence-electron chi connectivity index (χ0n) is 29.0. The number of aliphatic imine (C=N–C) groups is 2. The SMILES string of the molecule is c1ccc(-c2ccc(C3=NC(c4ccc5ccccc5c4)=NC(c4cccc5oc6c(-c7cccc8c7oc7ccccc78)cccc6c45)N3)cc2)cc1. The maximum atomic E-state index is 6.77. The van der Waals surface area contributed by atoms with Crippen molar-refractivity contribution in [2.45, 2.75) is 6.17 Å². The normalized spacial score (nSPS) is 14.5. The Morgan fingerprint density at radius 2 is 1.06 bits per heavy atom. The van der Waals surface area contributed by atoms with E-state index >= 15 is 0 Å². The van der Waals surface area contributed by atoms with Crippen LogP contribution in [0.2, 0.25) is 0 Å². The van der Waals surface area contributed by atoms with Gasteiger partial charge >= 0.3 is 0 Å². The molecule has 1 atom stereocenters. The monoisotopic (exact) mass is 693 g/mol. The van der Waals surface area contributed by atoms with E-state index in [2.05, 4.69) is 151 Å². The Kier molecular flexibility index (Phi) is 6.85. The van der Waals surface area contributed by atoms with Gasteiger partial charge in [-0.2, -0.15) is 0 Å². The lowest BCUT2D eigenvalue weighted by molar-refractivity contribution is 0.661. The summed E-state index contributed by atoms with van der Waals surface area (Å²) in [5, 5.41) is 10.3. The Balaban J connectivity index is 1.07. The van der Waals surface area contributed by atoms with E-state index in [1.54, 1.807) is 0 Å². The summed E-state index contributed by atoms with van der Waals surface area (Å²) in [6, 6.07) is 60.9. The summed E-state index contributed by atoms with van der Waals surface area (Å²) in [6.45, 7) is 0. The molecule has 0 bridgehead atoms. The van der Waals surface area contributed by atoms with Crippen LogP contribution in [0.25, 0.3) is 76.9 Å². The number of hydrogen-bond donors (Lipinski definition) is 1. The van der Waals surface area contributed by atoms with Crippen molar-refractivity contribution >= 4 is 66.3 Å². The second-order valence-electron chi connectivity index (χ2n) is 13.8. The van der Waals surface area contributed by atoms with Gasteiger partial charge in [-0.25, -0.2) is 9.98 Å². The molecule has 10 aromatic rings. The lowest BCUT2D eigenvalue weighted by atomic mass is 9.98. The van der Waals surface area contributed by atoms with Crippen molar-refractivity contribution in [1.29, 1.82) is 0 Å². The fourth-order valence-electron chi connectivity index (χ4n) is 7.94. The summed E-state index contributed by atoms with van der Waals surface area (Å²) in [5.41, 5.74) is 10.6. The third-order valence-corrected chi connectivity index (χ3v) is 10.6. The van der Waals surface area contributed by atoms with Crippen LogP contribution in [0.3, 0.4) is 0 Å². The van der Waals surface area contributed by atoms with Gasteiger partial charge in [0.25, 0.3) is 0 Å². The Morgan fingerprint density at radius 3 is 1.91 bits per heavy atom. The third-order valence-electron chi connectivity index (χ3n) is 10.6. The second kappa shape index (κ2) is 12.2. The van der Waals surface area contributed by atoms with Crippen molar-refractivity contribution in [2.24, 2.45) is 9.98 Å². The molecule has 54 heavy (non-hydrogen) atoms. The van der Waals surface area contributed by atoms with Crippen molar-refractivity contribution in [2.75, 3.05) is 0 Å². The van der Waals surface area contributed by atoms with Gasteiger partial charge in [0.05, 0.1) is 0 Å². The second-order valence-corrected chi connectivity index (χ2v) is 13.8. The van der Waals surface area contributed by atoms with Gasteiger partial charge in [0.15, 0.2) is 5.84 Å². The van der Waals surface area contributed by atoms with Gasteiger partial charge in [-0.3, -0.25) is 0 Å². The molecule has 0 spiro atoms. The average molecular weight is 694 g/mol. The first-order valence-electron chi connectivity index (χ1n) is 18.2. The molecule has 0 aliphatic carbocycles. The van der Waals surface area contributed by atoms with Crippen LogP contribution in [-0.4, -0.2) is 11.7 Å². The maximum Gasteiger partial charge on any atom is 0.159 e. The number of rotatable bonds is 5. The van der Waals surface area contributed by atoms with E-state index in [-0.39, 0.29) is 0 Å². The summed E-state index contributed by atoms with van der Waals surface area (Å²) in [6.07, 6.45) is -0.431. The average Bonchev–Trinajstić information content (AvgIpc) is 3.83. The van der Waals surface area contributed by atoms with Crippen LogP contribution < -0.4 is 5.32 Å². The minimum atomic E-state index is -0.431. The number of benzene rings is 8. The molecule has 1 aliphatic rings. The van der Waals surface area contributed by atoms with Crippen molar-refractivity contribution < 1.29 is 8.83 Å². The molecular weight excluding hydrogens is 663 g/mol. The molecule has 0 saturated heterocycles. The van der Waals surface area contributed by atoms with E-state index in [1.165, 1.54) is 10.9 Å². The molecule has 11 rings (SSSR count). The van der Waals surface area contributed by atoms with Gasteiger partial charge in [0.1, 0.15) is 34.3 Å². The first-order chi connectivity index (χ1) is 26.7. The van der Waals surface area contributed by atoms with E-state index in [4.69, 9.17) is 18.8 Å². The van der Waals surface area contributed by atoms with Gasteiger partial charge in [-0.15, -0.1) is 0 Å². The van der Waals surface area contributed by atoms with Crippen LogP contribution in [0, 0.1) is 0 Å². The van der Waals surface area contributed by atoms with Crippen LogP contribution in [0.15, 0.2) is 195 Å². The largest absolute Gasteiger partial charge is 0.455 e. The quantitative estimate of drug-likeness (QED) is 0.195. The molecule has 3 heterocycles. The van der Waals surface area contributed by atoms with E-state index in [0.717, 1.165) is 88.5 Å². The van der Waals surface area contributed by atoms with Crippen molar-refractivity contribution in [1.82, 2.24) is 5.32 Å². The summed E-state index contributed by atoms with van der Waals surface area (Å²) in [4.78, 5) is 10.5. The molecule has 0 fully saturated rings. The van der Waals surface area contributed by atoms with E-state index < -0.39 is 6.17 Å². The predicted octanol–water partition coefficient (Wildman–Crippen LogP) is 12.5. The third kappa shape index (κ3) is 4.94. The maximum absolute atomic E-state index is 6.77. The number of amidine groups is 2. The van der Waals surface area contributed by atoms with Gasteiger partial charge in [-0.05, 0) is 40.1 Å². The van der Waals surface area contributed by atoms with Crippen LogP contribution in [0.4, 0.5) is 0 Å². The molecule has 254 valence electrons. The topological polar surface area (TPSA) is 63.0 Å². The van der Waals surface area contributed by atoms with Crippen LogP contribution in [0.1, 0.15) is 22.9 Å². The van der Waals surface area contributed by atoms with Crippen LogP contribution in [0.5, 0.6) is 0 Å². The molecule has 1 N–H and O–H groups in total. The number of para-hydroxylation sites is 3. The van der Waals surface area contributed by atoms with Crippen LogP contribution in [-0.2, 0) is 0 Å². The van der Waals surface area contributed by atoms with Crippen LogP contribution >= 0.6 is 0 Å². The number of hydrogen-bond acceptors (Lipinski definition) is 5. The molecule has 8 aromatic carbocycles. The summed E-state index contributed by atoms with van der Waals surface area (Å²) >= 11 is 0. The molecule has 1 unspecified atom stereocenters. The summed E-state index contributed by atoms with van der Waals surface area (Å²) in [5.74, 6) is 1.44. The minimum absolute atomic E-state index is 0.431. The molecule has 2 aromatic heterocycles. The van der Waals surface area contributed by atoms with E-state index in [0.29, 0.717) is 5.84 Å². The predicted molar refractivity (Wildman–Crippen MR) is 221 cm³/mol. The minimum Gasteiger partial charge on any atom is -0.455 e. The molecule has 0 saturated carbocycles. The lowest BCUT2D eigenvalue weighted by Crippen LogP contribution is -2.33. The van der Waals surface area contributed by atoms with Gasteiger partial charge in [-0.1, -0.05) is 158 Å². The van der Waals surface area contributed by atoms with Gasteiger partial charge in [0.2, 0.25) is 0 Å². The fraction of sp³-hybridized carbons (Fsp3) is 0.0204. The Labute approximate surface area is 310 Å². The van der Waals surface area contributed by atoms with Gasteiger partial charge < -0.3 is 14.2 Å². The van der Waals surface area contributed by atoms with E-state index in [1.807, 2.05) is 30.3 Å². The molecule has 5 nitrogen and oxygen atoms in total. The Morgan fingerprint density at radius 1 is 0.444 bits per heavy atom. The fourth-order valence-corrected chi connectivity index (χ4v) is 7.94. The zero-order valence-corrected chi connectivity index (χ0v) is 29.0. The van der Waals surface area contributed by atoms with Crippen molar-refractivity contribution in [3.05, 3.63) is 193 Å². The number of nitrogens with one attached hydrogen (secondary N) is 1. The summed E-state index contributed by atoms with van der Waals surface area (Å²) < 4.78 is 13.2. The number of nitrogens with zero attached hydrogens (tertiary/aromatic N) is 2. The standard InChI is InChI=1S/C49H31N3O2/c1-2-11-30(12-3-1)32-23-26-33(27-24-32)47-50-48(35-28-25-31-13-4-5-14-34(31)29-35)52-49(51-47)41-20-10-22-43-44(41)40-19-9-18-39(46(40)54-43)38-17-8-16-37-36-15-6-7-21-42(36)53-45(37)38/h1-29,49H,(H,50,51,52). The Bertz CT molecular complexity index is 3130. The Hall–Kier alpha value is -7.24. The number of furan rings is 2. The highest BCUT2D eigenvalue weighted by molar-refractivity contribution is 6.17. The van der Waals surface area contributed by atoms with Gasteiger partial charge in [0, 0.05) is 49.4 Å². The first-order valence-corrected chi connectivity index (χ1v) is 18.2. The highest BCUT2D eigenvalue weighted by Crippen LogP contribution is 2.43. The van der Waals surface area contributed by atoms with E-state index in [9.17, 15) is 0 Å². The highest BCUT2D eigenvalue weighted by atomic mass is 16.3. The summed E-state index contributed by atoms with van der Waals surface area (Å²) in [7, 11) is 0. The number of fused-ring (bicyclic) bond motifs is 7. The first kappa shape index (κ1) is 30.4. The molecule has 0 amide bonds. The van der Waals surface area contributed by atoms with Crippen molar-refractivity contribution in [3.63, 3.8) is 0 Å². The molecule has 1 aliphatic heterocycles.